The van der Waals surface area contributed by atoms with Crippen LogP contribution in [0.4, 0.5) is 8.78 Å². The van der Waals surface area contributed by atoms with Crippen molar-refractivity contribution in [1.82, 2.24) is 10.2 Å². The third kappa shape index (κ3) is 3.66. The van der Waals surface area contributed by atoms with E-state index in [0.717, 1.165) is 25.9 Å². The molecule has 2 fully saturated rings. The highest BCUT2D eigenvalue weighted by Gasteiger charge is 2.39. The van der Waals surface area contributed by atoms with Crippen molar-refractivity contribution >= 4 is 0 Å². The zero-order valence-corrected chi connectivity index (χ0v) is 13.2. The van der Waals surface area contributed by atoms with E-state index < -0.39 is 6.43 Å². The molecule has 3 atom stereocenters. The van der Waals surface area contributed by atoms with E-state index in [1.165, 1.54) is 12.0 Å². The highest BCUT2D eigenvalue weighted by Crippen LogP contribution is 2.42. The van der Waals surface area contributed by atoms with Crippen LogP contribution in [0.2, 0.25) is 0 Å². The molecule has 1 aliphatic carbocycles. The molecule has 0 bridgehead atoms. The van der Waals surface area contributed by atoms with Crippen LogP contribution in [-0.2, 0) is 0 Å². The lowest BCUT2D eigenvalue weighted by atomic mass is 9.67. The zero-order valence-electron chi connectivity index (χ0n) is 13.2. The summed E-state index contributed by atoms with van der Waals surface area (Å²) in [6.45, 7) is 3.85. The van der Waals surface area contributed by atoms with E-state index in [0.29, 0.717) is 23.9 Å². The first kappa shape index (κ1) is 15.9. The standard InChI is InChI=1S/C18H26F2N2/c1-13-16(14-5-3-2-4-6-14)11-17(13)21-15-7-9-22(10-8-15)12-18(19)20/h2-6,13,15-18,21H,7-12H2,1H3/t13-,16+,17-/m0/s1. The van der Waals surface area contributed by atoms with Crippen LogP contribution in [0.1, 0.15) is 37.7 Å². The number of piperidine rings is 1. The van der Waals surface area contributed by atoms with Gasteiger partial charge < -0.3 is 5.32 Å². The van der Waals surface area contributed by atoms with Gasteiger partial charge >= 0.3 is 0 Å². The number of nitrogens with one attached hydrogen (secondary N) is 1. The summed E-state index contributed by atoms with van der Waals surface area (Å²) in [4.78, 5) is 1.89. The largest absolute Gasteiger partial charge is 0.311 e. The van der Waals surface area contributed by atoms with Gasteiger partial charge in [0.15, 0.2) is 0 Å². The molecule has 1 saturated heterocycles. The third-order valence-electron chi connectivity index (χ3n) is 5.44. The van der Waals surface area contributed by atoms with Gasteiger partial charge in [-0.25, -0.2) is 8.78 Å². The Morgan fingerprint density at radius 1 is 1.18 bits per heavy atom. The summed E-state index contributed by atoms with van der Waals surface area (Å²) in [6, 6.07) is 11.8. The van der Waals surface area contributed by atoms with E-state index >= 15 is 0 Å². The second kappa shape index (κ2) is 7.05. The van der Waals surface area contributed by atoms with E-state index in [-0.39, 0.29) is 6.54 Å². The second-order valence-electron chi connectivity index (χ2n) is 6.85. The molecule has 2 aliphatic rings. The number of halogens is 2. The van der Waals surface area contributed by atoms with Crippen LogP contribution in [-0.4, -0.2) is 43.0 Å². The molecule has 0 unspecified atom stereocenters. The summed E-state index contributed by atoms with van der Waals surface area (Å²) in [5.41, 5.74) is 1.44. The number of hydrogen-bond donors (Lipinski definition) is 1. The Kier molecular flexibility index (Phi) is 5.09. The van der Waals surface area contributed by atoms with Gasteiger partial charge in [-0.05, 0) is 49.8 Å². The number of likely N-dealkylation sites (tertiary alicyclic amines) is 1. The van der Waals surface area contributed by atoms with Gasteiger partial charge in [0, 0.05) is 12.1 Å². The second-order valence-corrected chi connectivity index (χ2v) is 6.85. The average Bonchev–Trinajstić information content (AvgIpc) is 2.52. The Labute approximate surface area is 131 Å². The fraction of sp³-hybridized carbons (Fsp3) is 0.667. The summed E-state index contributed by atoms with van der Waals surface area (Å²) < 4.78 is 24.8. The first-order valence-electron chi connectivity index (χ1n) is 8.45. The lowest BCUT2D eigenvalue weighted by molar-refractivity contribution is 0.0668. The topological polar surface area (TPSA) is 15.3 Å². The average molecular weight is 308 g/mol. The molecule has 1 heterocycles. The molecule has 3 rings (SSSR count). The van der Waals surface area contributed by atoms with E-state index in [4.69, 9.17) is 0 Å². The van der Waals surface area contributed by atoms with Gasteiger partial charge in [0.25, 0.3) is 6.43 Å². The van der Waals surface area contributed by atoms with Crippen LogP contribution in [0.25, 0.3) is 0 Å². The molecule has 0 aromatic heterocycles. The minimum Gasteiger partial charge on any atom is -0.311 e. The first-order valence-corrected chi connectivity index (χ1v) is 8.45. The van der Waals surface area contributed by atoms with Gasteiger partial charge in [-0.1, -0.05) is 37.3 Å². The van der Waals surface area contributed by atoms with E-state index in [9.17, 15) is 8.78 Å². The lowest BCUT2D eigenvalue weighted by Gasteiger charge is -2.46. The van der Waals surface area contributed by atoms with Crippen LogP contribution < -0.4 is 5.32 Å². The Morgan fingerprint density at radius 3 is 2.45 bits per heavy atom. The van der Waals surface area contributed by atoms with Crippen LogP contribution in [0.15, 0.2) is 30.3 Å². The summed E-state index contributed by atoms with van der Waals surface area (Å²) in [6.07, 6.45) is 0.975. The molecule has 0 radical (unpaired) electrons. The number of hydrogen-bond acceptors (Lipinski definition) is 2. The van der Waals surface area contributed by atoms with Crippen LogP contribution in [0.3, 0.4) is 0 Å². The van der Waals surface area contributed by atoms with Crippen LogP contribution in [0, 0.1) is 5.92 Å². The molecule has 1 saturated carbocycles. The van der Waals surface area contributed by atoms with Crippen molar-refractivity contribution in [2.24, 2.45) is 5.92 Å². The van der Waals surface area contributed by atoms with Gasteiger partial charge in [0.05, 0.1) is 6.54 Å². The van der Waals surface area contributed by atoms with Crippen molar-refractivity contribution in [2.75, 3.05) is 19.6 Å². The van der Waals surface area contributed by atoms with Crippen LogP contribution in [0.5, 0.6) is 0 Å². The maximum absolute atomic E-state index is 12.4. The first-order chi connectivity index (χ1) is 10.6. The van der Waals surface area contributed by atoms with Gasteiger partial charge in [-0.15, -0.1) is 0 Å². The molecule has 22 heavy (non-hydrogen) atoms. The monoisotopic (exact) mass is 308 g/mol. The van der Waals surface area contributed by atoms with Crippen molar-refractivity contribution < 1.29 is 8.78 Å². The highest BCUT2D eigenvalue weighted by atomic mass is 19.3. The molecule has 0 amide bonds. The van der Waals surface area contributed by atoms with Crippen molar-refractivity contribution in [3.63, 3.8) is 0 Å². The number of alkyl halides is 2. The summed E-state index contributed by atoms with van der Waals surface area (Å²) in [5, 5.41) is 3.76. The van der Waals surface area contributed by atoms with E-state index in [2.05, 4.69) is 42.6 Å². The molecular weight excluding hydrogens is 282 g/mol. The zero-order chi connectivity index (χ0) is 15.5. The third-order valence-corrected chi connectivity index (χ3v) is 5.44. The SMILES string of the molecule is C[C@@H]1[C@@H](NC2CCN(CC(F)F)CC2)C[C@H]1c1ccccc1. The molecular formula is C18H26F2N2. The molecule has 1 N–H and O–H groups in total. The highest BCUT2D eigenvalue weighted by molar-refractivity contribution is 5.24. The van der Waals surface area contributed by atoms with Gasteiger partial charge in [-0.3, -0.25) is 4.90 Å². The van der Waals surface area contributed by atoms with Crippen molar-refractivity contribution in [3.05, 3.63) is 35.9 Å². The van der Waals surface area contributed by atoms with Crippen LogP contribution >= 0.6 is 0 Å². The fourth-order valence-electron chi connectivity index (χ4n) is 3.93. The summed E-state index contributed by atoms with van der Waals surface area (Å²) >= 11 is 0. The number of benzene rings is 1. The normalized spacial score (nSPS) is 30.5. The Balaban J connectivity index is 1.42. The smallest absolute Gasteiger partial charge is 0.251 e. The maximum atomic E-state index is 12.4. The van der Waals surface area contributed by atoms with Crippen molar-refractivity contribution in [3.8, 4) is 0 Å². The Hall–Kier alpha value is -1.00. The van der Waals surface area contributed by atoms with Crippen molar-refractivity contribution in [2.45, 2.75) is 50.6 Å². The fourth-order valence-corrected chi connectivity index (χ4v) is 3.93. The minimum absolute atomic E-state index is 0.0668. The minimum atomic E-state index is -2.21. The summed E-state index contributed by atoms with van der Waals surface area (Å²) in [5.74, 6) is 1.32. The predicted octanol–water partition coefficient (Wildman–Crippen LogP) is 3.50. The van der Waals surface area contributed by atoms with E-state index in [1.54, 1.807) is 0 Å². The maximum Gasteiger partial charge on any atom is 0.251 e. The van der Waals surface area contributed by atoms with Gasteiger partial charge in [0.2, 0.25) is 0 Å². The lowest BCUT2D eigenvalue weighted by Crippen LogP contribution is -2.54. The number of rotatable bonds is 5. The predicted molar refractivity (Wildman–Crippen MR) is 85.4 cm³/mol. The molecule has 0 spiro atoms. The molecule has 122 valence electrons. The van der Waals surface area contributed by atoms with E-state index in [1.807, 2.05) is 4.90 Å². The molecule has 1 aromatic rings. The Morgan fingerprint density at radius 2 is 1.86 bits per heavy atom. The molecule has 2 nitrogen and oxygen atoms in total. The molecule has 1 aromatic carbocycles. The number of nitrogens with zero attached hydrogens (tertiary/aromatic N) is 1. The molecule has 1 aliphatic heterocycles. The Bertz CT molecular complexity index is 457. The van der Waals surface area contributed by atoms with Gasteiger partial charge in [-0.2, -0.15) is 0 Å². The molecule has 4 heteroatoms. The summed E-state index contributed by atoms with van der Waals surface area (Å²) in [7, 11) is 0. The van der Waals surface area contributed by atoms with Gasteiger partial charge in [0.1, 0.15) is 0 Å². The quantitative estimate of drug-likeness (QED) is 0.895. The van der Waals surface area contributed by atoms with Crippen molar-refractivity contribution in [1.29, 1.82) is 0 Å².